The first-order valence-corrected chi connectivity index (χ1v) is 9.09. The molecule has 0 atom stereocenters. The smallest absolute Gasteiger partial charge is 0.270 e. The molecule has 0 aliphatic carbocycles. The van der Waals surface area contributed by atoms with E-state index in [-0.39, 0.29) is 23.1 Å². The molecule has 28 heavy (non-hydrogen) atoms. The van der Waals surface area contributed by atoms with Gasteiger partial charge in [0.2, 0.25) is 0 Å². The molecule has 146 valence electrons. The van der Waals surface area contributed by atoms with E-state index >= 15 is 0 Å². The van der Waals surface area contributed by atoms with Crippen molar-refractivity contribution in [1.82, 2.24) is 9.80 Å². The van der Waals surface area contributed by atoms with Crippen LogP contribution in [0.2, 0.25) is 5.02 Å². The van der Waals surface area contributed by atoms with Crippen LogP contribution in [0.1, 0.15) is 20.7 Å². The van der Waals surface area contributed by atoms with Crippen molar-refractivity contribution in [1.29, 1.82) is 0 Å². The topological polar surface area (TPSA) is 95.8 Å². The average molecular weight is 403 g/mol. The Morgan fingerprint density at radius 1 is 1.00 bits per heavy atom. The van der Waals surface area contributed by atoms with Gasteiger partial charge < -0.3 is 15.1 Å². The van der Waals surface area contributed by atoms with Gasteiger partial charge in [-0.1, -0.05) is 11.6 Å². The molecule has 9 heteroatoms. The molecule has 0 spiro atoms. The van der Waals surface area contributed by atoms with Crippen LogP contribution < -0.4 is 5.32 Å². The highest BCUT2D eigenvalue weighted by atomic mass is 35.5. The minimum atomic E-state index is -0.529. The largest absolute Gasteiger partial charge is 0.387 e. The second-order valence-electron chi connectivity index (χ2n) is 6.33. The summed E-state index contributed by atoms with van der Waals surface area (Å²) in [5, 5.41) is 14.5. The van der Waals surface area contributed by atoms with Gasteiger partial charge in [-0.25, -0.2) is 0 Å². The van der Waals surface area contributed by atoms with E-state index in [1.54, 1.807) is 41.1 Å². The van der Waals surface area contributed by atoms with Gasteiger partial charge in [-0.3, -0.25) is 19.7 Å². The molecule has 1 fully saturated rings. The SMILES string of the molecule is CNc1ccc([N+](=O)[O-])cc1C(=O)N1CCN(C(=O)c2ccc(Cl)cc2)CC1. The number of piperazine rings is 1. The van der Waals surface area contributed by atoms with Crippen molar-refractivity contribution in [3.05, 3.63) is 68.7 Å². The Bertz CT molecular complexity index is 909. The maximum Gasteiger partial charge on any atom is 0.270 e. The summed E-state index contributed by atoms with van der Waals surface area (Å²) < 4.78 is 0. The molecule has 2 aromatic rings. The van der Waals surface area contributed by atoms with Crippen molar-refractivity contribution in [2.24, 2.45) is 0 Å². The van der Waals surface area contributed by atoms with Crippen molar-refractivity contribution in [3.63, 3.8) is 0 Å². The zero-order valence-corrected chi connectivity index (χ0v) is 16.0. The van der Waals surface area contributed by atoms with E-state index in [2.05, 4.69) is 5.32 Å². The van der Waals surface area contributed by atoms with Gasteiger partial charge in [-0.2, -0.15) is 0 Å². The number of rotatable bonds is 4. The molecule has 0 saturated carbocycles. The Morgan fingerprint density at radius 3 is 2.11 bits per heavy atom. The lowest BCUT2D eigenvalue weighted by atomic mass is 10.1. The summed E-state index contributed by atoms with van der Waals surface area (Å²) in [6.45, 7) is 1.47. The Morgan fingerprint density at radius 2 is 1.57 bits per heavy atom. The van der Waals surface area contributed by atoms with Crippen LogP contribution in [-0.4, -0.2) is 59.8 Å². The maximum atomic E-state index is 12.9. The highest BCUT2D eigenvalue weighted by Gasteiger charge is 2.27. The van der Waals surface area contributed by atoms with Crippen LogP contribution in [-0.2, 0) is 0 Å². The quantitative estimate of drug-likeness (QED) is 0.626. The minimum absolute atomic E-state index is 0.116. The number of carbonyl (C=O) groups is 2. The van der Waals surface area contributed by atoms with E-state index in [1.807, 2.05) is 0 Å². The molecule has 1 saturated heterocycles. The number of benzene rings is 2. The number of nitrogens with one attached hydrogen (secondary N) is 1. The highest BCUT2D eigenvalue weighted by Crippen LogP contribution is 2.24. The predicted molar refractivity (Wildman–Crippen MR) is 106 cm³/mol. The summed E-state index contributed by atoms with van der Waals surface area (Å²) in [6.07, 6.45) is 0. The van der Waals surface area contributed by atoms with Crippen molar-refractivity contribution >= 4 is 34.8 Å². The fourth-order valence-corrected chi connectivity index (χ4v) is 3.22. The van der Waals surface area contributed by atoms with Gasteiger partial charge in [-0.15, -0.1) is 0 Å². The summed E-state index contributed by atoms with van der Waals surface area (Å²) in [7, 11) is 1.65. The number of hydrogen-bond donors (Lipinski definition) is 1. The van der Waals surface area contributed by atoms with Gasteiger partial charge in [0, 0.05) is 61.6 Å². The number of nitro benzene ring substituents is 1. The molecule has 1 aliphatic rings. The van der Waals surface area contributed by atoms with E-state index < -0.39 is 4.92 Å². The molecule has 0 unspecified atom stereocenters. The molecular formula is C19H19ClN4O4. The third-order valence-corrected chi connectivity index (χ3v) is 4.91. The number of carbonyl (C=O) groups excluding carboxylic acids is 2. The number of hydrogen-bond acceptors (Lipinski definition) is 5. The molecule has 8 nitrogen and oxygen atoms in total. The fraction of sp³-hybridized carbons (Fsp3) is 0.263. The lowest BCUT2D eigenvalue weighted by molar-refractivity contribution is -0.384. The molecule has 0 bridgehead atoms. The second kappa shape index (κ2) is 8.26. The van der Waals surface area contributed by atoms with Gasteiger partial charge >= 0.3 is 0 Å². The van der Waals surface area contributed by atoms with Crippen LogP contribution in [0.5, 0.6) is 0 Å². The van der Waals surface area contributed by atoms with Gasteiger partial charge in [-0.05, 0) is 30.3 Å². The normalized spacial score (nSPS) is 13.9. The molecule has 0 aromatic heterocycles. The minimum Gasteiger partial charge on any atom is -0.387 e. The molecular weight excluding hydrogens is 384 g/mol. The van der Waals surface area contributed by atoms with Gasteiger partial charge in [0.1, 0.15) is 0 Å². The van der Waals surface area contributed by atoms with E-state index in [0.29, 0.717) is 42.5 Å². The number of nitro groups is 1. The first-order chi connectivity index (χ1) is 13.4. The molecule has 1 aliphatic heterocycles. The van der Waals surface area contributed by atoms with Crippen LogP contribution >= 0.6 is 11.6 Å². The summed E-state index contributed by atoms with van der Waals surface area (Å²) in [4.78, 5) is 39.2. The lowest BCUT2D eigenvalue weighted by Crippen LogP contribution is -2.50. The third-order valence-electron chi connectivity index (χ3n) is 4.66. The first-order valence-electron chi connectivity index (χ1n) is 8.71. The highest BCUT2D eigenvalue weighted by molar-refractivity contribution is 6.30. The van der Waals surface area contributed by atoms with E-state index in [1.165, 1.54) is 18.2 Å². The van der Waals surface area contributed by atoms with E-state index in [4.69, 9.17) is 11.6 Å². The second-order valence-corrected chi connectivity index (χ2v) is 6.76. The Balaban J connectivity index is 1.70. The first kappa shape index (κ1) is 19.6. The summed E-state index contributed by atoms with van der Waals surface area (Å²) in [5.74, 6) is -0.415. The van der Waals surface area contributed by atoms with Gasteiger partial charge in [0.15, 0.2) is 0 Å². The predicted octanol–water partition coefficient (Wildman–Crippen LogP) is 2.89. The van der Waals surface area contributed by atoms with Crippen molar-refractivity contribution in [3.8, 4) is 0 Å². The zero-order chi connectivity index (χ0) is 20.3. The number of nitrogens with zero attached hydrogens (tertiary/aromatic N) is 3. The van der Waals surface area contributed by atoms with Crippen LogP contribution in [0.25, 0.3) is 0 Å². The number of halogens is 1. The van der Waals surface area contributed by atoms with Crippen LogP contribution in [0.15, 0.2) is 42.5 Å². The van der Waals surface area contributed by atoms with E-state index in [0.717, 1.165) is 0 Å². The zero-order valence-electron chi connectivity index (χ0n) is 15.2. The molecule has 3 rings (SSSR count). The molecule has 0 radical (unpaired) electrons. The monoisotopic (exact) mass is 402 g/mol. The average Bonchev–Trinajstić information content (AvgIpc) is 2.72. The van der Waals surface area contributed by atoms with Crippen molar-refractivity contribution < 1.29 is 14.5 Å². The number of non-ortho nitro benzene ring substituents is 1. The number of anilines is 1. The molecule has 1 N–H and O–H groups in total. The standard InChI is InChI=1S/C19H19ClN4O4/c1-21-17-7-6-15(24(27)28)12-16(17)19(26)23-10-8-22(9-11-23)18(25)13-2-4-14(20)5-3-13/h2-7,12,21H,8-11H2,1H3. The summed E-state index contributed by atoms with van der Waals surface area (Å²) in [5.41, 5.74) is 1.17. The van der Waals surface area contributed by atoms with Gasteiger partial charge in [0.25, 0.3) is 17.5 Å². The fourth-order valence-electron chi connectivity index (χ4n) is 3.10. The number of amides is 2. The van der Waals surface area contributed by atoms with Crippen molar-refractivity contribution in [2.45, 2.75) is 0 Å². The Labute approximate surface area is 166 Å². The lowest BCUT2D eigenvalue weighted by Gasteiger charge is -2.35. The summed E-state index contributed by atoms with van der Waals surface area (Å²) in [6, 6.07) is 10.8. The third kappa shape index (κ3) is 4.07. The molecule has 1 heterocycles. The van der Waals surface area contributed by atoms with E-state index in [9.17, 15) is 19.7 Å². The Hall–Kier alpha value is -3.13. The molecule has 2 amide bonds. The van der Waals surface area contributed by atoms with Crippen molar-refractivity contribution in [2.75, 3.05) is 38.5 Å². The van der Waals surface area contributed by atoms with Crippen LogP contribution in [0, 0.1) is 10.1 Å². The van der Waals surface area contributed by atoms with Gasteiger partial charge in [0.05, 0.1) is 10.5 Å². The maximum absolute atomic E-state index is 12.9. The molecule has 2 aromatic carbocycles. The van der Waals surface area contributed by atoms with Crippen LogP contribution in [0.4, 0.5) is 11.4 Å². The van der Waals surface area contributed by atoms with Crippen LogP contribution in [0.3, 0.4) is 0 Å². The Kier molecular flexibility index (Phi) is 5.79. The summed E-state index contributed by atoms with van der Waals surface area (Å²) >= 11 is 5.85.